The van der Waals surface area contributed by atoms with E-state index in [0.29, 0.717) is 5.41 Å². The van der Waals surface area contributed by atoms with Gasteiger partial charge in [0.15, 0.2) is 0 Å². The zero-order valence-electron chi connectivity index (χ0n) is 12.1. The topological polar surface area (TPSA) is 39.1 Å². The molecule has 0 atom stereocenters. The molecule has 0 radical (unpaired) electrons. The van der Waals surface area contributed by atoms with Gasteiger partial charge in [-0.3, -0.25) is 4.68 Å². The minimum atomic E-state index is 0.362. The molecule has 2 heterocycles. The fourth-order valence-corrected chi connectivity index (χ4v) is 3.08. The maximum Gasteiger partial charge on any atom is 0.0596 e. The molecule has 4 nitrogen and oxygen atoms in total. The largest absolute Gasteiger partial charge is 0.381 e. The molecule has 106 valence electrons. The van der Waals surface area contributed by atoms with Gasteiger partial charge < -0.3 is 10.1 Å². The summed E-state index contributed by atoms with van der Waals surface area (Å²) in [6, 6.07) is 3.02. The quantitative estimate of drug-likeness (QED) is 0.881. The van der Waals surface area contributed by atoms with E-state index >= 15 is 0 Å². The third kappa shape index (κ3) is 3.18. The van der Waals surface area contributed by atoms with Crippen molar-refractivity contribution in [3.63, 3.8) is 0 Å². The van der Waals surface area contributed by atoms with Crippen LogP contribution in [0.1, 0.15) is 37.1 Å². The predicted octanol–water partition coefficient (Wildman–Crippen LogP) is 1.82. The summed E-state index contributed by atoms with van der Waals surface area (Å²) in [5.41, 5.74) is 2.84. The standard InChI is InChI=1S/C15H25N3O/c1-12-9-14(18(2)17-12)10-15(5-7-19-8-6-15)11-16-13-3-4-13/h9,13,16H,3-8,10-11H2,1-2H3. The second-order valence-electron chi connectivity index (χ2n) is 6.34. The molecule has 0 spiro atoms. The van der Waals surface area contributed by atoms with Crippen LogP contribution in [0.15, 0.2) is 6.07 Å². The third-order valence-corrected chi connectivity index (χ3v) is 4.55. The van der Waals surface area contributed by atoms with Gasteiger partial charge in [0, 0.05) is 38.5 Å². The highest BCUT2D eigenvalue weighted by Crippen LogP contribution is 2.35. The Hall–Kier alpha value is -0.870. The van der Waals surface area contributed by atoms with Crippen LogP contribution in [0, 0.1) is 12.3 Å². The van der Waals surface area contributed by atoms with Crippen molar-refractivity contribution in [1.29, 1.82) is 0 Å². The number of rotatable bonds is 5. The first kappa shape index (κ1) is 13.1. The lowest BCUT2D eigenvalue weighted by molar-refractivity contribution is 0.0139. The molecule has 1 aliphatic heterocycles. The Labute approximate surface area is 115 Å². The SMILES string of the molecule is Cc1cc(CC2(CNC3CC3)CCOCC2)n(C)n1. The van der Waals surface area contributed by atoms with E-state index < -0.39 is 0 Å². The lowest BCUT2D eigenvalue weighted by Gasteiger charge is -2.37. The Kier molecular flexibility index (Phi) is 3.63. The highest BCUT2D eigenvalue weighted by atomic mass is 16.5. The summed E-state index contributed by atoms with van der Waals surface area (Å²) < 4.78 is 7.62. The second-order valence-corrected chi connectivity index (χ2v) is 6.34. The third-order valence-electron chi connectivity index (χ3n) is 4.55. The molecule has 3 rings (SSSR count). The van der Waals surface area contributed by atoms with Gasteiger partial charge in [-0.15, -0.1) is 0 Å². The number of nitrogens with one attached hydrogen (secondary N) is 1. The van der Waals surface area contributed by atoms with E-state index in [2.05, 4.69) is 30.5 Å². The summed E-state index contributed by atoms with van der Waals surface area (Å²) in [6.07, 6.45) is 6.16. The number of aryl methyl sites for hydroxylation is 2. The Morgan fingerprint density at radius 2 is 2.16 bits per heavy atom. The molecule has 0 aromatic carbocycles. The highest BCUT2D eigenvalue weighted by molar-refractivity contribution is 5.11. The van der Waals surface area contributed by atoms with Crippen LogP contribution in [-0.4, -0.2) is 35.6 Å². The lowest BCUT2D eigenvalue weighted by atomic mass is 9.76. The van der Waals surface area contributed by atoms with Crippen LogP contribution in [0.5, 0.6) is 0 Å². The molecule has 4 heteroatoms. The summed E-state index contributed by atoms with van der Waals surface area (Å²) in [7, 11) is 2.06. The van der Waals surface area contributed by atoms with Gasteiger partial charge in [0.25, 0.3) is 0 Å². The summed E-state index contributed by atoms with van der Waals surface area (Å²) in [5.74, 6) is 0. The number of hydrogen-bond donors (Lipinski definition) is 1. The van der Waals surface area contributed by atoms with Crippen LogP contribution >= 0.6 is 0 Å². The van der Waals surface area contributed by atoms with Crippen LogP contribution in [0.25, 0.3) is 0 Å². The van der Waals surface area contributed by atoms with Gasteiger partial charge in [0.2, 0.25) is 0 Å². The number of hydrogen-bond acceptors (Lipinski definition) is 3. The fraction of sp³-hybridized carbons (Fsp3) is 0.800. The number of aromatic nitrogens is 2. The molecule has 1 N–H and O–H groups in total. The first-order valence-electron chi connectivity index (χ1n) is 7.48. The molecule has 0 bridgehead atoms. The smallest absolute Gasteiger partial charge is 0.0596 e. The summed E-state index contributed by atoms with van der Waals surface area (Å²) in [5, 5.41) is 8.21. The van der Waals surface area contributed by atoms with Gasteiger partial charge in [0.1, 0.15) is 0 Å². The second kappa shape index (κ2) is 5.25. The van der Waals surface area contributed by atoms with Crippen molar-refractivity contribution in [2.45, 2.75) is 45.1 Å². The lowest BCUT2D eigenvalue weighted by Crippen LogP contribution is -2.41. The van der Waals surface area contributed by atoms with Gasteiger partial charge in [-0.1, -0.05) is 0 Å². The first-order valence-corrected chi connectivity index (χ1v) is 7.48. The zero-order valence-corrected chi connectivity index (χ0v) is 12.1. The maximum absolute atomic E-state index is 5.57. The van der Waals surface area contributed by atoms with Gasteiger partial charge in [-0.05, 0) is 50.5 Å². The summed E-state index contributed by atoms with van der Waals surface area (Å²) >= 11 is 0. The minimum Gasteiger partial charge on any atom is -0.381 e. The molecule has 1 saturated heterocycles. The van der Waals surface area contributed by atoms with Gasteiger partial charge in [-0.2, -0.15) is 5.10 Å². The zero-order chi connectivity index (χ0) is 13.3. The summed E-state index contributed by atoms with van der Waals surface area (Å²) in [6.45, 7) is 5.01. The van der Waals surface area contributed by atoms with E-state index in [0.717, 1.165) is 50.8 Å². The van der Waals surface area contributed by atoms with E-state index in [9.17, 15) is 0 Å². The van der Waals surface area contributed by atoms with Crippen LogP contribution in [-0.2, 0) is 18.2 Å². The molecule has 1 saturated carbocycles. The average molecular weight is 263 g/mol. The van der Waals surface area contributed by atoms with Crippen molar-refractivity contribution in [2.24, 2.45) is 12.5 Å². The van der Waals surface area contributed by atoms with Crippen LogP contribution < -0.4 is 5.32 Å². The van der Waals surface area contributed by atoms with Crippen LogP contribution in [0.3, 0.4) is 0 Å². The molecule has 0 unspecified atom stereocenters. The molecule has 19 heavy (non-hydrogen) atoms. The van der Waals surface area contributed by atoms with Crippen molar-refractivity contribution < 1.29 is 4.74 Å². The molecular weight excluding hydrogens is 238 g/mol. The fourth-order valence-electron chi connectivity index (χ4n) is 3.08. The van der Waals surface area contributed by atoms with Gasteiger partial charge in [-0.25, -0.2) is 0 Å². The van der Waals surface area contributed by atoms with E-state index in [1.54, 1.807) is 0 Å². The summed E-state index contributed by atoms with van der Waals surface area (Å²) in [4.78, 5) is 0. The van der Waals surface area contributed by atoms with E-state index in [-0.39, 0.29) is 0 Å². The molecule has 2 aliphatic rings. The number of ether oxygens (including phenoxy) is 1. The average Bonchev–Trinajstić information content (AvgIpc) is 3.16. The molecule has 1 aromatic rings. The van der Waals surface area contributed by atoms with Crippen LogP contribution in [0.2, 0.25) is 0 Å². The number of nitrogens with zero attached hydrogens (tertiary/aromatic N) is 2. The maximum atomic E-state index is 5.57. The highest BCUT2D eigenvalue weighted by Gasteiger charge is 2.35. The normalized spacial score (nSPS) is 22.6. The van der Waals surface area contributed by atoms with E-state index in [1.807, 2.05) is 4.68 Å². The molecule has 1 aromatic heterocycles. The van der Waals surface area contributed by atoms with Crippen molar-refractivity contribution >= 4 is 0 Å². The van der Waals surface area contributed by atoms with E-state index in [4.69, 9.17) is 4.74 Å². The molecular formula is C15H25N3O. The Morgan fingerprint density at radius 1 is 1.42 bits per heavy atom. The minimum absolute atomic E-state index is 0.362. The van der Waals surface area contributed by atoms with Gasteiger partial charge >= 0.3 is 0 Å². The molecule has 1 aliphatic carbocycles. The Morgan fingerprint density at radius 3 is 2.74 bits per heavy atom. The van der Waals surface area contributed by atoms with Gasteiger partial charge in [0.05, 0.1) is 5.69 Å². The first-order chi connectivity index (χ1) is 9.17. The van der Waals surface area contributed by atoms with Crippen molar-refractivity contribution in [3.05, 3.63) is 17.5 Å². The van der Waals surface area contributed by atoms with Crippen molar-refractivity contribution in [1.82, 2.24) is 15.1 Å². The van der Waals surface area contributed by atoms with Crippen molar-refractivity contribution in [2.75, 3.05) is 19.8 Å². The predicted molar refractivity (Wildman–Crippen MR) is 75.2 cm³/mol. The molecule has 0 amide bonds. The van der Waals surface area contributed by atoms with Crippen molar-refractivity contribution in [3.8, 4) is 0 Å². The monoisotopic (exact) mass is 263 g/mol. The van der Waals surface area contributed by atoms with E-state index in [1.165, 1.54) is 18.5 Å². The Balaban J connectivity index is 1.71. The molecule has 2 fully saturated rings. The van der Waals surface area contributed by atoms with Crippen LogP contribution in [0.4, 0.5) is 0 Å². The Bertz CT molecular complexity index is 431.